The zero-order chi connectivity index (χ0) is 13.0. The Morgan fingerprint density at radius 1 is 1.50 bits per heavy atom. The minimum atomic E-state index is -0.411. The summed E-state index contributed by atoms with van der Waals surface area (Å²) < 4.78 is 0. The Labute approximate surface area is 107 Å². The van der Waals surface area contributed by atoms with E-state index >= 15 is 0 Å². The van der Waals surface area contributed by atoms with Crippen molar-refractivity contribution in [3.05, 3.63) is 34.6 Å². The van der Waals surface area contributed by atoms with Crippen molar-refractivity contribution in [2.75, 3.05) is 11.9 Å². The molecule has 0 atom stereocenters. The molecular formula is C10H11N5O2S. The van der Waals surface area contributed by atoms with E-state index in [1.165, 1.54) is 30.2 Å². The fraction of sp³-hybridized carbons (Fsp3) is 0.200. The zero-order valence-electron chi connectivity index (χ0n) is 9.58. The number of hydrogen-bond donors (Lipinski definition) is 2. The maximum Gasteiger partial charge on any atom is 0.272 e. The molecule has 0 spiro atoms. The SMILES string of the molecule is CCNc1cc(Sc2ncn[nH]2)cc([N+](=O)[O-])c1. The molecule has 0 aliphatic heterocycles. The summed E-state index contributed by atoms with van der Waals surface area (Å²) in [5, 5.41) is 20.9. The first kappa shape index (κ1) is 12.4. The number of non-ortho nitro benzene ring substituents is 1. The van der Waals surface area contributed by atoms with E-state index in [1.807, 2.05) is 13.0 Å². The highest BCUT2D eigenvalue weighted by Crippen LogP contribution is 2.30. The number of nitro groups is 1. The molecule has 0 aliphatic rings. The van der Waals surface area contributed by atoms with Crippen molar-refractivity contribution in [1.82, 2.24) is 15.2 Å². The summed E-state index contributed by atoms with van der Waals surface area (Å²) in [7, 11) is 0. The average Bonchev–Trinajstić information content (AvgIpc) is 2.82. The lowest BCUT2D eigenvalue weighted by molar-refractivity contribution is -0.385. The number of benzene rings is 1. The Hall–Kier alpha value is -2.09. The number of H-pyrrole nitrogens is 1. The summed E-state index contributed by atoms with van der Waals surface area (Å²) in [5.41, 5.74) is 0.768. The second kappa shape index (κ2) is 5.50. The predicted molar refractivity (Wildman–Crippen MR) is 67.8 cm³/mol. The second-order valence-corrected chi connectivity index (χ2v) is 4.46. The van der Waals surface area contributed by atoms with E-state index in [0.717, 1.165) is 4.90 Å². The number of rotatable bonds is 5. The zero-order valence-corrected chi connectivity index (χ0v) is 10.4. The molecule has 0 bridgehead atoms. The van der Waals surface area contributed by atoms with Gasteiger partial charge in [0.05, 0.1) is 4.92 Å². The fourth-order valence-electron chi connectivity index (χ4n) is 1.41. The number of aromatic amines is 1. The maximum atomic E-state index is 10.8. The van der Waals surface area contributed by atoms with Gasteiger partial charge >= 0.3 is 0 Å². The van der Waals surface area contributed by atoms with Crippen LogP contribution in [0.4, 0.5) is 11.4 Å². The third-order valence-electron chi connectivity index (χ3n) is 2.09. The first-order valence-electron chi connectivity index (χ1n) is 5.25. The first-order chi connectivity index (χ1) is 8.69. The maximum absolute atomic E-state index is 10.8. The van der Waals surface area contributed by atoms with Gasteiger partial charge < -0.3 is 5.32 Å². The van der Waals surface area contributed by atoms with E-state index in [1.54, 1.807) is 0 Å². The normalized spacial score (nSPS) is 10.3. The van der Waals surface area contributed by atoms with Gasteiger partial charge in [-0.05, 0) is 13.0 Å². The molecule has 1 aromatic heterocycles. The van der Waals surface area contributed by atoms with Gasteiger partial charge in [-0.3, -0.25) is 15.2 Å². The van der Waals surface area contributed by atoms with Crippen molar-refractivity contribution >= 4 is 23.1 Å². The van der Waals surface area contributed by atoms with E-state index < -0.39 is 4.92 Å². The van der Waals surface area contributed by atoms with Crippen LogP contribution in [0.15, 0.2) is 34.6 Å². The van der Waals surface area contributed by atoms with Gasteiger partial charge in [-0.2, -0.15) is 5.10 Å². The van der Waals surface area contributed by atoms with Gasteiger partial charge in [0.1, 0.15) is 6.33 Å². The standard InChI is InChI=1S/C10H11N5O2S/c1-2-11-7-3-8(15(16)17)5-9(4-7)18-10-12-6-13-14-10/h3-6,11H,2H2,1H3,(H,12,13,14). The van der Waals surface area contributed by atoms with E-state index in [4.69, 9.17) is 0 Å². The van der Waals surface area contributed by atoms with E-state index in [9.17, 15) is 10.1 Å². The molecule has 2 aromatic rings. The summed E-state index contributed by atoms with van der Waals surface area (Å²) in [6.07, 6.45) is 1.39. The first-order valence-corrected chi connectivity index (χ1v) is 6.07. The quantitative estimate of drug-likeness (QED) is 0.636. The number of nitrogens with zero attached hydrogens (tertiary/aromatic N) is 3. The molecule has 7 nitrogen and oxygen atoms in total. The van der Waals surface area contributed by atoms with Crippen molar-refractivity contribution in [1.29, 1.82) is 0 Å². The lowest BCUT2D eigenvalue weighted by Gasteiger charge is -2.05. The predicted octanol–water partition coefficient (Wildman–Crippen LogP) is 2.30. The lowest BCUT2D eigenvalue weighted by Crippen LogP contribution is -1.98. The third kappa shape index (κ3) is 2.98. The number of anilines is 1. The fourth-order valence-corrected chi connectivity index (χ4v) is 2.20. The molecule has 0 aliphatic carbocycles. The summed E-state index contributed by atoms with van der Waals surface area (Å²) in [6.45, 7) is 2.63. The van der Waals surface area contributed by atoms with Gasteiger partial charge in [-0.15, -0.1) is 0 Å². The topological polar surface area (TPSA) is 96.7 Å². The molecule has 8 heteroatoms. The number of hydrogen-bond acceptors (Lipinski definition) is 6. The van der Waals surface area contributed by atoms with Crippen LogP contribution in [0.2, 0.25) is 0 Å². The van der Waals surface area contributed by atoms with Crippen molar-refractivity contribution in [3.8, 4) is 0 Å². The number of nitro benzene ring substituents is 1. The van der Waals surface area contributed by atoms with Crippen LogP contribution in [-0.2, 0) is 0 Å². The Morgan fingerprint density at radius 3 is 2.94 bits per heavy atom. The van der Waals surface area contributed by atoms with E-state index in [-0.39, 0.29) is 5.69 Å². The van der Waals surface area contributed by atoms with Gasteiger partial charge in [0, 0.05) is 29.3 Å². The largest absolute Gasteiger partial charge is 0.385 e. The van der Waals surface area contributed by atoms with Gasteiger partial charge in [0.2, 0.25) is 0 Å². The number of nitrogens with one attached hydrogen (secondary N) is 2. The molecule has 0 radical (unpaired) electrons. The van der Waals surface area contributed by atoms with Gasteiger partial charge in [0.25, 0.3) is 5.69 Å². The second-order valence-electron chi connectivity index (χ2n) is 3.40. The molecule has 94 valence electrons. The molecular weight excluding hydrogens is 254 g/mol. The molecule has 0 amide bonds. The van der Waals surface area contributed by atoms with Crippen LogP contribution >= 0.6 is 11.8 Å². The van der Waals surface area contributed by atoms with Crippen LogP contribution in [-0.4, -0.2) is 26.6 Å². The van der Waals surface area contributed by atoms with Crippen LogP contribution in [0.5, 0.6) is 0 Å². The molecule has 1 heterocycles. The molecule has 18 heavy (non-hydrogen) atoms. The summed E-state index contributed by atoms with van der Waals surface area (Å²) >= 11 is 1.29. The third-order valence-corrected chi connectivity index (χ3v) is 2.95. The molecule has 0 saturated heterocycles. The smallest absolute Gasteiger partial charge is 0.272 e. The lowest BCUT2D eigenvalue weighted by atomic mass is 10.3. The molecule has 0 fully saturated rings. The Balaban J connectivity index is 2.30. The van der Waals surface area contributed by atoms with Crippen LogP contribution < -0.4 is 5.32 Å². The molecule has 2 N–H and O–H groups in total. The Morgan fingerprint density at radius 2 is 2.33 bits per heavy atom. The average molecular weight is 265 g/mol. The Bertz CT molecular complexity index is 543. The molecule has 0 unspecified atom stereocenters. The van der Waals surface area contributed by atoms with Gasteiger partial charge in [0.15, 0.2) is 5.16 Å². The van der Waals surface area contributed by atoms with Gasteiger partial charge in [-0.1, -0.05) is 11.8 Å². The van der Waals surface area contributed by atoms with Crippen molar-refractivity contribution in [2.45, 2.75) is 17.0 Å². The van der Waals surface area contributed by atoms with Crippen molar-refractivity contribution in [3.63, 3.8) is 0 Å². The summed E-state index contributed by atoms with van der Waals surface area (Å²) in [5.74, 6) is 0. The van der Waals surface area contributed by atoms with Crippen LogP contribution in [0.25, 0.3) is 0 Å². The van der Waals surface area contributed by atoms with Crippen molar-refractivity contribution in [2.24, 2.45) is 0 Å². The van der Waals surface area contributed by atoms with E-state index in [2.05, 4.69) is 20.5 Å². The minimum absolute atomic E-state index is 0.0514. The highest BCUT2D eigenvalue weighted by atomic mass is 32.2. The Kier molecular flexibility index (Phi) is 3.78. The van der Waals surface area contributed by atoms with Crippen molar-refractivity contribution < 1.29 is 4.92 Å². The minimum Gasteiger partial charge on any atom is -0.385 e. The van der Waals surface area contributed by atoms with Crippen LogP contribution in [0, 0.1) is 10.1 Å². The van der Waals surface area contributed by atoms with Gasteiger partial charge in [-0.25, -0.2) is 4.98 Å². The molecule has 0 saturated carbocycles. The van der Waals surface area contributed by atoms with E-state index in [0.29, 0.717) is 17.4 Å². The molecule has 2 rings (SSSR count). The highest BCUT2D eigenvalue weighted by molar-refractivity contribution is 7.99. The number of aromatic nitrogens is 3. The summed E-state index contributed by atoms with van der Waals surface area (Å²) in [6, 6.07) is 4.85. The van der Waals surface area contributed by atoms with Crippen LogP contribution in [0.1, 0.15) is 6.92 Å². The summed E-state index contributed by atoms with van der Waals surface area (Å²) in [4.78, 5) is 15.1. The monoisotopic (exact) mass is 265 g/mol. The van der Waals surface area contributed by atoms with Crippen LogP contribution in [0.3, 0.4) is 0 Å². The molecule has 1 aromatic carbocycles. The highest BCUT2D eigenvalue weighted by Gasteiger charge is 2.11.